The molecule has 7 nitrogen and oxygen atoms in total. The molecule has 2 aromatic rings. The summed E-state index contributed by atoms with van der Waals surface area (Å²) >= 11 is 0. The van der Waals surface area contributed by atoms with Crippen molar-refractivity contribution in [2.45, 2.75) is 37.1 Å². The van der Waals surface area contributed by atoms with Gasteiger partial charge in [-0.3, -0.25) is 24.2 Å². The van der Waals surface area contributed by atoms with Gasteiger partial charge in [-0.05, 0) is 29.5 Å². The molecule has 5 rings (SSSR count). The second-order valence-electron chi connectivity index (χ2n) is 9.90. The highest BCUT2D eigenvalue weighted by Crippen LogP contribution is 2.40. The van der Waals surface area contributed by atoms with Crippen molar-refractivity contribution in [3.63, 3.8) is 0 Å². The lowest BCUT2D eigenvalue weighted by Gasteiger charge is -2.40. The molecule has 3 aliphatic heterocycles. The predicted octanol–water partition coefficient (Wildman–Crippen LogP) is 2.69. The molecule has 35 heavy (non-hydrogen) atoms. The number of morpholine rings is 1. The van der Waals surface area contributed by atoms with Gasteiger partial charge in [-0.25, -0.2) is 0 Å². The first kappa shape index (κ1) is 23.7. The minimum Gasteiger partial charge on any atom is -0.379 e. The molecule has 0 radical (unpaired) electrons. The Labute approximate surface area is 206 Å². The predicted molar refractivity (Wildman–Crippen MR) is 133 cm³/mol. The van der Waals surface area contributed by atoms with Gasteiger partial charge in [-0.1, -0.05) is 54.6 Å². The molecule has 0 spiro atoms. The normalized spacial score (nSPS) is 24.3. The van der Waals surface area contributed by atoms with E-state index >= 15 is 0 Å². The lowest BCUT2D eigenvalue weighted by molar-refractivity contribution is -0.142. The Bertz CT molecular complexity index is 1070. The van der Waals surface area contributed by atoms with Crippen LogP contribution in [0.4, 0.5) is 0 Å². The molecule has 1 atom stereocenters. The Balaban J connectivity index is 1.33. The number of ether oxygens (including phenoxy) is 1. The second-order valence-corrected chi connectivity index (χ2v) is 9.90. The van der Waals surface area contributed by atoms with Gasteiger partial charge in [0.25, 0.3) is 0 Å². The summed E-state index contributed by atoms with van der Waals surface area (Å²) in [6, 6.07) is 18.2. The molecule has 3 aliphatic rings. The van der Waals surface area contributed by atoms with Gasteiger partial charge in [0, 0.05) is 52.1 Å². The van der Waals surface area contributed by atoms with E-state index in [4.69, 9.17) is 4.74 Å². The highest BCUT2D eigenvalue weighted by molar-refractivity contribution is 6.10. The maximum Gasteiger partial charge on any atom is 0.240 e. The first-order valence-corrected chi connectivity index (χ1v) is 12.5. The zero-order chi connectivity index (χ0) is 24.4. The maximum atomic E-state index is 13.5. The summed E-state index contributed by atoms with van der Waals surface area (Å²) in [6.07, 6.45) is 1.91. The molecule has 3 fully saturated rings. The van der Waals surface area contributed by atoms with Crippen LogP contribution in [0.25, 0.3) is 11.1 Å². The van der Waals surface area contributed by atoms with Crippen LogP contribution in [0.2, 0.25) is 0 Å². The number of carbonyl (C=O) groups is 3. The average Bonchev–Trinajstić information content (AvgIpc) is 3.13. The SMILES string of the molecule is CN1C(=O)C[C@](CC(=O)N2CCC(N3CCOCC3)CC2)(c2ccc(-c3ccccc3)cc2)C1=O. The van der Waals surface area contributed by atoms with Crippen molar-refractivity contribution in [1.82, 2.24) is 14.7 Å². The highest BCUT2D eigenvalue weighted by atomic mass is 16.5. The lowest BCUT2D eigenvalue weighted by atomic mass is 9.75. The van der Waals surface area contributed by atoms with Crippen molar-refractivity contribution in [3.05, 3.63) is 60.2 Å². The van der Waals surface area contributed by atoms with Crippen LogP contribution in [-0.4, -0.2) is 84.9 Å². The lowest BCUT2D eigenvalue weighted by Crippen LogP contribution is -2.51. The number of amides is 3. The number of carbonyl (C=O) groups excluding carboxylic acids is 3. The summed E-state index contributed by atoms with van der Waals surface area (Å²) < 4.78 is 5.47. The smallest absolute Gasteiger partial charge is 0.240 e. The van der Waals surface area contributed by atoms with Crippen molar-refractivity contribution in [2.24, 2.45) is 0 Å². The van der Waals surface area contributed by atoms with Gasteiger partial charge in [0.2, 0.25) is 17.7 Å². The number of imide groups is 1. The zero-order valence-corrected chi connectivity index (χ0v) is 20.3. The summed E-state index contributed by atoms with van der Waals surface area (Å²) in [7, 11) is 1.52. The van der Waals surface area contributed by atoms with Crippen LogP contribution in [0.3, 0.4) is 0 Å². The van der Waals surface area contributed by atoms with Gasteiger partial charge < -0.3 is 9.64 Å². The van der Waals surface area contributed by atoms with Crippen LogP contribution < -0.4 is 0 Å². The number of benzene rings is 2. The Morgan fingerprint density at radius 1 is 0.914 bits per heavy atom. The Hall–Kier alpha value is -3.03. The number of piperidine rings is 1. The molecule has 0 unspecified atom stereocenters. The van der Waals surface area contributed by atoms with Crippen LogP contribution in [-0.2, 0) is 24.5 Å². The molecule has 3 amide bonds. The van der Waals surface area contributed by atoms with E-state index in [-0.39, 0.29) is 30.6 Å². The molecule has 3 saturated heterocycles. The summed E-state index contributed by atoms with van der Waals surface area (Å²) in [4.78, 5) is 45.0. The minimum atomic E-state index is -1.14. The topological polar surface area (TPSA) is 70.2 Å². The third kappa shape index (κ3) is 4.62. The molecule has 0 bridgehead atoms. The van der Waals surface area contributed by atoms with E-state index in [1.54, 1.807) is 0 Å². The van der Waals surface area contributed by atoms with Gasteiger partial charge in [-0.2, -0.15) is 0 Å². The van der Waals surface area contributed by atoms with Crippen LogP contribution >= 0.6 is 0 Å². The molecule has 0 aliphatic carbocycles. The van der Waals surface area contributed by atoms with Crippen molar-refractivity contribution in [2.75, 3.05) is 46.4 Å². The molecule has 0 N–H and O–H groups in total. The third-order valence-corrected chi connectivity index (χ3v) is 7.92. The Kier molecular flexibility index (Phi) is 6.71. The standard InChI is InChI=1S/C28H33N3O4/c1-29-25(32)19-28(27(29)34,23-9-7-22(8-10-23)21-5-3-2-4-6-21)20-26(33)31-13-11-24(12-14-31)30-15-17-35-18-16-30/h2-10,24H,11-20H2,1H3/t28-/m0/s1. The number of hydrogen-bond donors (Lipinski definition) is 0. The van der Waals surface area contributed by atoms with E-state index in [1.165, 1.54) is 11.9 Å². The summed E-state index contributed by atoms with van der Waals surface area (Å²) in [5.74, 6) is -0.568. The van der Waals surface area contributed by atoms with Crippen LogP contribution in [0.5, 0.6) is 0 Å². The molecule has 0 saturated carbocycles. The monoisotopic (exact) mass is 475 g/mol. The van der Waals surface area contributed by atoms with E-state index in [0.717, 1.165) is 55.8 Å². The van der Waals surface area contributed by atoms with Crippen molar-refractivity contribution >= 4 is 17.7 Å². The molecule has 184 valence electrons. The number of nitrogens with zero attached hydrogens (tertiary/aromatic N) is 3. The molecular weight excluding hydrogens is 442 g/mol. The van der Waals surface area contributed by atoms with E-state index in [1.807, 2.05) is 59.5 Å². The zero-order valence-electron chi connectivity index (χ0n) is 20.3. The quantitative estimate of drug-likeness (QED) is 0.622. The second kappa shape index (κ2) is 9.91. The first-order valence-electron chi connectivity index (χ1n) is 12.5. The number of rotatable bonds is 5. The fourth-order valence-electron chi connectivity index (χ4n) is 5.76. The van der Waals surface area contributed by atoms with E-state index < -0.39 is 5.41 Å². The third-order valence-electron chi connectivity index (χ3n) is 7.92. The van der Waals surface area contributed by atoms with Crippen LogP contribution in [0, 0.1) is 0 Å². The van der Waals surface area contributed by atoms with Gasteiger partial charge in [0.15, 0.2) is 0 Å². The van der Waals surface area contributed by atoms with Crippen molar-refractivity contribution < 1.29 is 19.1 Å². The molecule has 7 heteroatoms. The molecule has 3 heterocycles. The summed E-state index contributed by atoms with van der Waals surface area (Å²) in [5, 5.41) is 0. The van der Waals surface area contributed by atoms with Crippen molar-refractivity contribution in [3.8, 4) is 11.1 Å². The molecule has 2 aromatic carbocycles. The van der Waals surface area contributed by atoms with Crippen molar-refractivity contribution in [1.29, 1.82) is 0 Å². The van der Waals surface area contributed by atoms with Gasteiger partial charge >= 0.3 is 0 Å². The Morgan fingerprint density at radius 3 is 2.14 bits per heavy atom. The molecular formula is C28H33N3O4. The summed E-state index contributed by atoms with van der Waals surface area (Å²) in [5.41, 5.74) is 1.71. The van der Waals surface area contributed by atoms with E-state index in [0.29, 0.717) is 19.1 Å². The number of likely N-dealkylation sites (N-methyl/N-ethyl adjacent to an activating group) is 1. The van der Waals surface area contributed by atoms with Gasteiger partial charge in [0.05, 0.1) is 18.6 Å². The van der Waals surface area contributed by atoms with Crippen LogP contribution in [0.1, 0.15) is 31.2 Å². The van der Waals surface area contributed by atoms with E-state index in [9.17, 15) is 14.4 Å². The van der Waals surface area contributed by atoms with Gasteiger partial charge in [0.1, 0.15) is 0 Å². The number of likely N-dealkylation sites (tertiary alicyclic amines) is 2. The summed E-state index contributed by atoms with van der Waals surface area (Å²) in [6.45, 7) is 4.81. The fourth-order valence-corrected chi connectivity index (χ4v) is 5.76. The van der Waals surface area contributed by atoms with Gasteiger partial charge in [-0.15, -0.1) is 0 Å². The number of hydrogen-bond acceptors (Lipinski definition) is 5. The van der Waals surface area contributed by atoms with Crippen LogP contribution in [0.15, 0.2) is 54.6 Å². The first-order chi connectivity index (χ1) is 17.0. The minimum absolute atomic E-state index is 0.0226. The largest absolute Gasteiger partial charge is 0.379 e. The average molecular weight is 476 g/mol. The molecule has 0 aromatic heterocycles. The maximum absolute atomic E-state index is 13.5. The van der Waals surface area contributed by atoms with E-state index in [2.05, 4.69) is 4.90 Å². The highest BCUT2D eigenvalue weighted by Gasteiger charge is 2.53. The Morgan fingerprint density at radius 2 is 1.54 bits per heavy atom. The fraction of sp³-hybridized carbons (Fsp3) is 0.464.